The minimum Gasteiger partial charge on any atom is -0.450 e. The van der Waals surface area contributed by atoms with Crippen molar-refractivity contribution in [2.75, 3.05) is 26.3 Å². The Balaban J connectivity index is 2.25. The molecule has 1 rings (SSSR count). The summed E-state index contributed by atoms with van der Waals surface area (Å²) in [6.45, 7) is 9.23. The molecule has 1 fully saturated rings. The van der Waals surface area contributed by atoms with E-state index in [4.69, 9.17) is 9.47 Å². The summed E-state index contributed by atoms with van der Waals surface area (Å²) >= 11 is 0. The topological polar surface area (TPSA) is 67.9 Å². The summed E-state index contributed by atoms with van der Waals surface area (Å²) in [6.07, 6.45) is 1.23. The summed E-state index contributed by atoms with van der Waals surface area (Å²) in [7, 11) is 0. The standard InChI is InChI=1S/C14H26N2O4/c1-5-19-13(18)16-8-6-11(7-9-16)15-12(17)10-20-14(2,3)4/h11H,5-10H2,1-4H3,(H,15,17). The molecule has 0 radical (unpaired) electrons. The van der Waals surface area contributed by atoms with E-state index in [9.17, 15) is 9.59 Å². The molecular formula is C14H26N2O4. The van der Waals surface area contributed by atoms with E-state index in [0.29, 0.717) is 19.7 Å². The third-order valence-corrected chi connectivity index (χ3v) is 3.02. The second-order valence-corrected chi connectivity index (χ2v) is 5.93. The molecular weight excluding hydrogens is 260 g/mol. The number of likely N-dealkylation sites (tertiary alicyclic amines) is 1. The van der Waals surface area contributed by atoms with Gasteiger partial charge < -0.3 is 19.7 Å². The fourth-order valence-corrected chi connectivity index (χ4v) is 1.97. The Kier molecular flexibility index (Phi) is 6.26. The number of hydrogen-bond donors (Lipinski definition) is 1. The van der Waals surface area contributed by atoms with Crippen LogP contribution in [0.15, 0.2) is 0 Å². The summed E-state index contributed by atoms with van der Waals surface area (Å²) < 4.78 is 10.4. The second-order valence-electron chi connectivity index (χ2n) is 5.93. The lowest BCUT2D eigenvalue weighted by molar-refractivity contribution is -0.131. The molecule has 1 N–H and O–H groups in total. The van der Waals surface area contributed by atoms with Gasteiger partial charge in [0.1, 0.15) is 6.61 Å². The number of hydrogen-bond acceptors (Lipinski definition) is 4. The summed E-state index contributed by atoms with van der Waals surface area (Å²) in [5, 5.41) is 2.94. The zero-order chi connectivity index (χ0) is 15.2. The highest BCUT2D eigenvalue weighted by atomic mass is 16.6. The van der Waals surface area contributed by atoms with E-state index in [2.05, 4.69) is 5.32 Å². The zero-order valence-corrected chi connectivity index (χ0v) is 12.9. The molecule has 6 nitrogen and oxygen atoms in total. The average Bonchev–Trinajstić information content (AvgIpc) is 2.37. The van der Waals surface area contributed by atoms with Gasteiger partial charge in [0, 0.05) is 19.1 Å². The van der Waals surface area contributed by atoms with E-state index in [0.717, 1.165) is 12.8 Å². The number of rotatable bonds is 4. The highest BCUT2D eigenvalue weighted by Crippen LogP contribution is 2.12. The number of nitrogens with zero attached hydrogens (tertiary/aromatic N) is 1. The van der Waals surface area contributed by atoms with Gasteiger partial charge in [-0.05, 0) is 40.5 Å². The minimum atomic E-state index is -0.315. The van der Waals surface area contributed by atoms with Gasteiger partial charge in [-0.15, -0.1) is 0 Å². The maximum atomic E-state index is 11.7. The lowest BCUT2D eigenvalue weighted by Crippen LogP contribution is -2.47. The Hall–Kier alpha value is -1.30. The normalized spacial score (nSPS) is 16.9. The van der Waals surface area contributed by atoms with Crippen molar-refractivity contribution >= 4 is 12.0 Å². The molecule has 1 heterocycles. The van der Waals surface area contributed by atoms with Gasteiger partial charge >= 0.3 is 6.09 Å². The quantitative estimate of drug-likeness (QED) is 0.851. The Morgan fingerprint density at radius 3 is 2.35 bits per heavy atom. The maximum absolute atomic E-state index is 11.7. The molecule has 116 valence electrons. The van der Waals surface area contributed by atoms with Crippen molar-refractivity contribution < 1.29 is 19.1 Å². The molecule has 0 aliphatic carbocycles. The summed E-state index contributed by atoms with van der Waals surface area (Å²) in [4.78, 5) is 24.9. The molecule has 1 aliphatic rings. The molecule has 0 aromatic heterocycles. The lowest BCUT2D eigenvalue weighted by atomic mass is 10.1. The van der Waals surface area contributed by atoms with Crippen LogP contribution in [-0.2, 0) is 14.3 Å². The van der Waals surface area contributed by atoms with Gasteiger partial charge in [-0.1, -0.05) is 0 Å². The van der Waals surface area contributed by atoms with Gasteiger partial charge in [-0.3, -0.25) is 4.79 Å². The summed E-state index contributed by atoms with van der Waals surface area (Å²) in [5.41, 5.74) is -0.315. The van der Waals surface area contributed by atoms with E-state index in [-0.39, 0.29) is 30.3 Å². The predicted molar refractivity (Wildman–Crippen MR) is 75.5 cm³/mol. The Labute approximate surface area is 120 Å². The molecule has 0 aromatic rings. The number of nitrogens with one attached hydrogen (secondary N) is 1. The molecule has 1 saturated heterocycles. The molecule has 0 unspecified atom stereocenters. The van der Waals surface area contributed by atoms with Gasteiger partial charge in [0.15, 0.2) is 0 Å². The fourth-order valence-electron chi connectivity index (χ4n) is 1.97. The van der Waals surface area contributed by atoms with Crippen molar-refractivity contribution in [2.24, 2.45) is 0 Å². The van der Waals surface area contributed by atoms with Crippen molar-refractivity contribution in [3.05, 3.63) is 0 Å². The summed E-state index contributed by atoms with van der Waals surface area (Å²) in [6, 6.07) is 0.108. The Bertz CT molecular complexity index is 331. The predicted octanol–water partition coefficient (Wildman–Crippen LogP) is 1.54. The monoisotopic (exact) mass is 286 g/mol. The minimum absolute atomic E-state index is 0.0710. The van der Waals surface area contributed by atoms with Crippen molar-refractivity contribution in [1.82, 2.24) is 10.2 Å². The zero-order valence-electron chi connectivity index (χ0n) is 12.9. The van der Waals surface area contributed by atoms with Gasteiger partial charge in [0.2, 0.25) is 5.91 Å². The first-order chi connectivity index (χ1) is 9.31. The molecule has 0 atom stereocenters. The largest absolute Gasteiger partial charge is 0.450 e. The van der Waals surface area contributed by atoms with Crippen LogP contribution >= 0.6 is 0 Å². The van der Waals surface area contributed by atoms with E-state index >= 15 is 0 Å². The van der Waals surface area contributed by atoms with E-state index in [1.54, 1.807) is 11.8 Å². The van der Waals surface area contributed by atoms with E-state index < -0.39 is 0 Å². The van der Waals surface area contributed by atoms with Crippen molar-refractivity contribution in [1.29, 1.82) is 0 Å². The first-order valence-electron chi connectivity index (χ1n) is 7.17. The van der Waals surface area contributed by atoms with Crippen LogP contribution in [0.2, 0.25) is 0 Å². The molecule has 0 saturated carbocycles. The Morgan fingerprint density at radius 2 is 1.85 bits per heavy atom. The van der Waals surface area contributed by atoms with Gasteiger partial charge in [0.05, 0.1) is 12.2 Å². The molecule has 2 amide bonds. The maximum Gasteiger partial charge on any atom is 0.409 e. The second kappa shape index (κ2) is 7.47. The fraction of sp³-hybridized carbons (Fsp3) is 0.857. The summed E-state index contributed by atoms with van der Waals surface area (Å²) in [5.74, 6) is -0.102. The number of piperidine rings is 1. The van der Waals surface area contributed by atoms with Crippen molar-refractivity contribution in [3.8, 4) is 0 Å². The number of amides is 2. The van der Waals surface area contributed by atoms with Crippen molar-refractivity contribution in [3.63, 3.8) is 0 Å². The molecule has 20 heavy (non-hydrogen) atoms. The highest BCUT2D eigenvalue weighted by molar-refractivity contribution is 5.77. The van der Waals surface area contributed by atoms with Gasteiger partial charge in [-0.2, -0.15) is 0 Å². The third kappa shape index (κ3) is 6.23. The number of carbonyl (C=O) groups excluding carboxylic acids is 2. The highest BCUT2D eigenvalue weighted by Gasteiger charge is 2.24. The van der Waals surface area contributed by atoms with Crippen LogP contribution in [0, 0.1) is 0 Å². The van der Waals surface area contributed by atoms with E-state index in [1.165, 1.54) is 0 Å². The molecule has 0 spiro atoms. The van der Waals surface area contributed by atoms with Crippen LogP contribution in [0.5, 0.6) is 0 Å². The van der Waals surface area contributed by atoms with Crippen LogP contribution in [-0.4, -0.2) is 54.8 Å². The number of ether oxygens (including phenoxy) is 2. The molecule has 0 bridgehead atoms. The van der Waals surface area contributed by atoms with Gasteiger partial charge in [-0.25, -0.2) is 4.79 Å². The van der Waals surface area contributed by atoms with Crippen LogP contribution in [0.3, 0.4) is 0 Å². The molecule has 6 heteroatoms. The molecule has 1 aliphatic heterocycles. The average molecular weight is 286 g/mol. The van der Waals surface area contributed by atoms with E-state index in [1.807, 2.05) is 20.8 Å². The van der Waals surface area contributed by atoms with Crippen LogP contribution in [0.25, 0.3) is 0 Å². The number of carbonyl (C=O) groups is 2. The van der Waals surface area contributed by atoms with Crippen molar-refractivity contribution in [2.45, 2.75) is 52.2 Å². The first kappa shape index (κ1) is 16.8. The van der Waals surface area contributed by atoms with Crippen LogP contribution in [0.4, 0.5) is 4.79 Å². The Morgan fingerprint density at radius 1 is 1.25 bits per heavy atom. The smallest absolute Gasteiger partial charge is 0.409 e. The first-order valence-corrected chi connectivity index (χ1v) is 7.17. The van der Waals surface area contributed by atoms with Gasteiger partial charge in [0.25, 0.3) is 0 Å². The third-order valence-electron chi connectivity index (χ3n) is 3.02. The lowest BCUT2D eigenvalue weighted by Gasteiger charge is -2.31. The van der Waals surface area contributed by atoms with Crippen LogP contribution < -0.4 is 5.32 Å². The van der Waals surface area contributed by atoms with Crippen LogP contribution in [0.1, 0.15) is 40.5 Å². The molecule has 0 aromatic carbocycles. The SMILES string of the molecule is CCOC(=O)N1CCC(NC(=O)COC(C)(C)C)CC1.